The van der Waals surface area contributed by atoms with Gasteiger partial charge in [0.15, 0.2) is 0 Å². The van der Waals surface area contributed by atoms with E-state index < -0.39 is 42.0 Å². The monoisotopic (exact) mass is 727 g/mol. The summed E-state index contributed by atoms with van der Waals surface area (Å²) in [6, 6.07) is 16.3. The number of aryl methyl sites for hydroxylation is 1. The van der Waals surface area contributed by atoms with Gasteiger partial charge in [0.25, 0.3) is 0 Å². The number of nitrogens with zero attached hydrogens (tertiary/aromatic N) is 3. The highest BCUT2D eigenvalue weighted by atomic mass is 35.5. The van der Waals surface area contributed by atoms with Crippen LogP contribution in [0.1, 0.15) is 24.8 Å². The third-order valence-corrected chi connectivity index (χ3v) is 7.95. The van der Waals surface area contributed by atoms with E-state index in [4.69, 9.17) is 11.5 Å². The van der Waals surface area contributed by atoms with Gasteiger partial charge in [0.2, 0.25) is 17.7 Å². The van der Waals surface area contributed by atoms with Gasteiger partial charge in [-0.15, -0.1) is 37.2 Å². The lowest BCUT2D eigenvalue weighted by molar-refractivity contribution is -0.151. The van der Waals surface area contributed by atoms with Gasteiger partial charge >= 0.3 is 5.97 Å². The number of hydrogen-bond acceptors (Lipinski definition) is 9. The van der Waals surface area contributed by atoms with E-state index in [-0.39, 0.29) is 88.1 Å². The molecule has 5 rings (SSSR count). The number of rotatable bonds is 9. The van der Waals surface area contributed by atoms with Gasteiger partial charge in [-0.3, -0.25) is 19.4 Å². The molecular weight excluding hydrogens is 685 g/mol. The summed E-state index contributed by atoms with van der Waals surface area (Å²) in [6.07, 6.45) is 1.41. The Bertz CT molecular complexity index is 1510. The van der Waals surface area contributed by atoms with Crippen LogP contribution in [0, 0.1) is 0 Å². The number of halogens is 3. The first-order chi connectivity index (χ1) is 21.6. The predicted octanol–water partition coefficient (Wildman–Crippen LogP) is 1.38. The van der Waals surface area contributed by atoms with E-state index in [0.29, 0.717) is 12.1 Å². The number of pyridine rings is 1. The number of carbonyl (C=O) groups excluding carboxylic acids is 3. The number of likely N-dealkylation sites (tertiary alicyclic amines) is 2. The lowest BCUT2D eigenvalue weighted by Gasteiger charge is -2.30. The highest BCUT2D eigenvalue weighted by molar-refractivity contribution is 5.92. The van der Waals surface area contributed by atoms with Crippen LogP contribution in [0.3, 0.4) is 0 Å². The van der Waals surface area contributed by atoms with Gasteiger partial charge in [-0.1, -0.05) is 48.5 Å². The summed E-state index contributed by atoms with van der Waals surface area (Å²) in [7, 11) is 1.62. The van der Waals surface area contributed by atoms with Crippen LogP contribution in [0.2, 0.25) is 0 Å². The fraction of sp³-hybridized carbons (Fsp3) is 0.406. The van der Waals surface area contributed by atoms with Gasteiger partial charge in [0.1, 0.15) is 18.2 Å². The Kier molecular flexibility index (Phi) is 17.6. The first kappa shape index (κ1) is 42.3. The van der Waals surface area contributed by atoms with Gasteiger partial charge in [-0.05, 0) is 44.0 Å². The summed E-state index contributed by atoms with van der Waals surface area (Å²) in [4.78, 5) is 56.8. The Morgan fingerprint density at radius 3 is 2.29 bits per heavy atom. The molecule has 0 radical (unpaired) electrons. The van der Waals surface area contributed by atoms with E-state index in [1.807, 2.05) is 60.7 Å². The highest BCUT2D eigenvalue weighted by Crippen LogP contribution is 2.25. The van der Waals surface area contributed by atoms with Crippen molar-refractivity contribution in [1.29, 1.82) is 0 Å². The first-order valence-electron chi connectivity index (χ1n) is 14.9. The summed E-state index contributed by atoms with van der Waals surface area (Å²) >= 11 is 0. The van der Waals surface area contributed by atoms with Gasteiger partial charge in [0, 0.05) is 37.0 Å². The van der Waals surface area contributed by atoms with Crippen molar-refractivity contribution in [2.45, 2.75) is 56.0 Å². The molecular formula is C32H44Cl3N7O6. The second-order valence-corrected chi connectivity index (χ2v) is 11.4. The average Bonchev–Trinajstić information content (AvgIpc) is 3.64. The molecule has 2 fully saturated rings. The number of aliphatic carboxylic acids is 1. The minimum Gasteiger partial charge on any atom is -0.480 e. The van der Waals surface area contributed by atoms with Crippen molar-refractivity contribution in [3.05, 3.63) is 72.4 Å². The third-order valence-electron chi connectivity index (χ3n) is 7.95. The number of hydrogen-bond donors (Lipinski definition) is 6. The second kappa shape index (κ2) is 19.9. The average molecular weight is 729 g/mol. The first-order valence-corrected chi connectivity index (χ1v) is 14.9. The molecule has 1 aromatic heterocycles. The molecule has 0 saturated carbocycles. The zero-order valence-electron chi connectivity index (χ0n) is 26.4. The molecule has 0 aliphatic carbocycles. The molecule has 2 saturated heterocycles. The molecule has 0 unspecified atom stereocenters. The van der Waals surface area contributed by atoms with Crippen molar-refractivity contribution in [2.24, 2.45) is 5.73 Å². The van der Waals surface area contributed by atoms with Crippen LogP contribution in [0.15, 0.2) is 66.9 Å². The highest BCUT2D eigenvalue weighted by Gasteiger charge is 2.46. The minimum absolute atomic E-state index is 0. The van der Waals surface area contributed by atoms with Crippen molar-refractivity contribution < 1.29 is 29.4 Å². The number of amides is 3. The predicted molar refractivity (Wildman–Crippen MR) is 190 cm³/mol. The lowest BCUT2D eigenvalue weighted by Crippen LogP contribution is -2.52. The number of para-hydroxylation sites is 1. The van der Waals surface area contributed by atoms with Gasteiger partial charge in [-0.25, -0.2) is 4.79 Å². The zero-order valence-corrected chi connectivity index (χ0v) is 28.9. The second-order valence-electron chi connectivity index (χ2n) is 11.4. The standard InChI is InChI=1S/C23H33N5O6.C9H8N2.3ClH/c1-25-11-20(30)27-12-15(24)9-17(27)22(32)28-13-16(10-18(28)23(33)34)26-21(31)19(29)8-7-14-5-3-2-4-6-14;10-8-5-7-3-1-2-4-9(7)11-6-8;;;/h2-6,15-19,25,29H,7-13,24H2,1H3,(H,26,31)(H,33,34);1-6H,10H2;3*1H/t15-,16-,17+,18+,19-;;;;/m1..../s1. The topological polar surface area (TPSA) is 204 Å². The molecule has 3 heterocycles. The summed E-state index contributed by atoms with van der Waals surface area (Å²) in [6.45, 7) is 0.238. The number of nitrogen functional groups attached to an aromatic ring is 1. The maximum atomic E-state index is 13.3. The van der Waals surface area contributed by atoms with Crippen LogP contribution in [-0.4, -0.2) is 106 Å². The number of carbonyl (C=O) groups is 4. The SMILES string of the molecule is CNCC(=O)N1C[C@H](N)C[C@H]1C(=O)N1C[C@H](NC(=O)[C@H](O)CCc2ccccc2)C[C@H]1C(=O)O.Cl.Cl.Cl.Nc1cnc2ccccc2c1. The number of likely N-dealkylation sites (N-methyl/N-ethyl adjacent to an activating group) is 1. The van der Waals surface area contributed by atoms with Crippen LogP contribution in [0.4, 0.5) is 5.69 Å². The number of aliphatic hydroxyl groups is 1. The Balaban J connectivity index is 0.000000695. The van der Waals surface area contributed by atoms with Crippen molar-refractivity contribution in [3.63, 3.8) is 0 Å². The number of nitrogens with two attached hydrogens (primary N) is 2. The van der Waals surface area contributed by atoms with Crippen LogP contribution < -0.4 is 22.1 Å². The van der Waals surface area contributed by atoms with Crippen molar-refractivity contribution in [2.75, 3.05) is 32.4 Å². The van der Waals surface area contributed by atoms with Crippen molar-refractivity contribution in [1.82, 2.24) is 25.4 Å². The number of carboxylic acids is 1. The van der Waals surface area contributed by atoms with Crippen molar-refractivity contribution >= 4 is 77.5 Å². The largest absolute Gasteiger partial charge is 0.480 e. The number of fused-ring (bicyclic) bond motifs is 1. The quantitative estimate of drug-likeness (QED) is 0.187. The molecule has 5 atom stereocenters. The summed E-state index contributed by atoms with van der Waals surface area (Å²) in [5.41, 5.74) is 14.2. The minimum atomic E-state index is -1.25. The maximum absolute atomic E-state index is 13.3. The molecule has 8 N–H and O–H groups in total. The maximum Gasteiger partial charge on any atom is 0.326 e. The molecule has 2 aliphatic rings. The van der Waals surface area contributed by atoms with Crippen LogP contribution in [-0.2, 0) is 25.6 Å². The normalized spacial score (nSPS) is 20.2. The summed E-state index contributed by atoms with van der Waals surface area (Å²) in [5.74, 6) is -2.57. The molecule has 2 aliphatic heterocycles. The number of carboxylic acid groups (broad SMARTS) is 1. The van der Waals surface area contributed by atoms with Gasteiger partial charge < -0.3 is 42.1 Å². The third kappa shape index (κ3) is 11.2. The smallest absolute Gasteiger partial charge is 0.326 e. The number of aromatic nitrogens is 1. The zero-order chi connectivity index (χ0) is 32.5. The van der Waals surface area contributed by atoms with Crippen LogP contribution in [0.25, 0.3) is 10.9 Å². The molecule has 2 aromatic carbocycles. The van der Waals surface area contributed by atoms with E-state index in [9.17, 15) is 29.4 Å². The van der Waals surface area contributed by atoms with Crippen molar-refractivity contribution in [3.8, 4) is 0 Å². The summed E-state index contributed by atoms with van der Waals surface area (Å²) < 4.78 is 0. The Labute approximate surface area is 298 Å². The fourth-order valence-electron chi connectivity index (χ4n) is 5.71. The number of nitrogens with one attached hydrogen (secondary N) is 2. The van der Waals surface area contributed by atoms with E-state index in [1.54, 1.807) is 13.2 Å². The Morgan fingerprint density at radius 2 is 1.62 bits per heavy atom. The molecule has 48 heavy (non-hydrogen) atoms. The van der Waals surface area contributed by atoms with Gasteiger partial charge in [-0.2, -0.15) is 0 Å². The number of benzene rings is 2. The molecule has 0 bridgehead atoms. The van der Waals surface area contributed by atoms with E-state index in [1.165, 1.54) is 9.80 Å². The van der Waals surface area contributed by atoms with E-state index >= 15 is 0 Å². The summed E-state index contributed by atoms with van der Waals surface area (Å²) in [5, 5.41) is 26.5. The molecule has 13 nitrogen and oxygen atoms in total. The number of aliphatic hydroxyl groups excluding tert-OH is 1. The van der Waals surface area contributed by atoms with E-state index in [2.05, 4.69) is 15.6 Å². The lowest BCUT2D eigenvalue weighted by atomic mass is 10.1. The Hall–Kier alpha value is -3.72. The van der Waals surface area contributed by atoms with Gasteiger partial charge in [0.05, 0.1) is 23.9 Å². The van der Waals surface area contributed by atoms with E-state index in [0.717, 1.165) is 16.5 Å². The fourth-order valence-corrected chi connectivity index (χ4v) is 5.71. The Morgan fingerprint density at radius 1 is 0.958 bits per heavy atom. The molecule has 3 amide bonds. The molecule has 0 spiro atoms. The molecule has 16 heteroatoms. The number of anilines is 1. The van der Waals surface area contributed by atoms with Crippen LogP contribution in [0.5, 0.6) is 0 Å². The van der Waals surface area contributed by atoms with Crippen LogP contribution >= 0.6 is 37.2 Å². The molecule has 264 valence electrons. The molecule has 3 aromatic rings.